The summed E-state index contributed by atoms with van der Waals surface area (Å²) in [6.45, 7) is 3.20. The molecule has 3 fully saturated rings. The molecule has 2 aromatic rings. The van der Waals surface area contributed by atoms with Crippen molar-refractivity contribution >= 4 is 6.09 Å². The molecule has 0 saturated carbocycles. The van der Waals surface area contributed by atoms with Gasteiger partial charge in [-0.2, -0.15) is 0 Å². The minimum atomic E-state index is -0.261. The van der Waals surface area contributed by atoms with Crippen molar-refractivity contribution in [1.82, 2.24) is 15.2 Å². The Morgan fingerprint density at radius 3 is 2.79 bits per heavy atom. The van der Waals surface area contributed by atoms with Crippen LogP contribution >= 0.6 is 0 Å². The van der Waals surface area contributed by atoms with Crippen LogP contribution in [0.1, 0.15) is 42.9 Å². The monoisotopic (exact) mass is 377 g/mol. The second-order valence-electron chi connectivity index (χ2n) is 8.33. The van der Waals surface area contributed by atoms with Crippen LogP contribution in [0.4, 0.5) is 4.79 Å². The van der Waals surface area contributed by atoms with Crippen LogP contribution in [0.2, 0.25) is 0 Å². The van der Waals surface area contributed by atoms with Gasteiger partial charge in [0, 0.05) is 18.9 Å². The van der Waals surface area contributed by atoms with Gasteiger partial charge in [0.1, 0.15) is 6.10 Å². The zero-order valence-corrected chi connectivity index (χ0v) is 16.1. The van der Waals surface area contributed by atoms with Crippen molar-refractivity contribution in [2.45, 2.75) is 44.2 Å². The molecule has 6 rings (SSSR count). The zero-order valence-electron chi connectivity index (χ0n) is 16.1. The summed E-state index contributed by atoms with van der Waals surface area (Å²) in [7, 11) is 0. The Hall–Kier alpha value is -2.40. The van der Waals surface area contributed by atoms with Crippen molar-refractivity contribution in [3.63, 3.8) is 0 Å². The van der Waals surface area contributed by atoms with Gasteiger partial charge < -0.3 is 10.1 Å². The fraction of sp³-hybridized carbons (Fsp3) is 0.478. The highest BCUT2D eigenvalue weighted by Crippen LogP contribution is 2.34. The number of pyridine rings is 1. The minimum Gasteiger partial charge on any atom is -0.445 e. The van der Waals surface area contributed by atoms with Gasteiger partial charge in [0.25, 0.3) is 0 Å². The van der Waals surface area contributed by atoms with E-state index in [0.29, 0.717) is 5.92 Å². The number of alkyl carbamates (subject to hydrolysis) is 1. The predicted molar refractivity (Wildman–Crippen MR) is 108 cm³/mol. The van der Waals surface area contributed by atoms with Crippen LogP contribution in [0.25, 0.3) is 11.1 Å². The molecule has 0 spiro atoms. The largest absolute Gasteiger partial charge is 0.445 e. The smallest absolute Gasteiger partial charge is 0.407 e. The molecule has 1 aromatic carbocycles. The van der Waals surface area contributed by atoms with E-state index in [9.17, 15) is 4.79 Å². The van der Waals surface area contributed by atoms with Gasteiger partial charge in [-0.25, -0.2) is 4.79 Å². The highest BCUT2D eigenvalue weighted by Gasteiger charge is 2.37. The van der Waals surface area contributed by atoms with Crippen molar-refractivity contribution in [3.05, 3.63) is 53.9 Å². The van der Waals surface area contributed by atoms with Crippen molar-refractivity contribution < 1.29 is 9.53 Å². The maximum atomic E-state index is 12.7. The molecule has 28 heavy (non-hydrogen) atoms. The molecule has 2 atom stereocenters. The van der Waals surface area contributed by atoms with E-state index < -0.39 is 0 Å². The Balaban J connectivity index is 1.31. The number of carbonyl (C=O) groups excluding carboxylic acids is 1. The molecule has 3 aliphatic heterocycles. The summed E-state index contributed by atoms with van der Waals surface area (Å²) in [6.07, 6.45) is 8.87. The second kappa shape index (κ2) is 7.55. The first kappa shape index (κ1) is 17.7. The fourth-order valence-electron chi connectivity index (χ4n) is 5.02. The van der Waals surface area contributed by atoms with Crippen LogP contribution < -0.4 is 5.32 Å². The topological polar surface area (TPSA) is 54.5 Å². The summed E-state index contributed by atoms with van der Waals surface area (Å²) < 4.78 is 5.86. The molecule has 1 amide bonds. The third kappa shape index (κ3) is 3.51. The lowest BCUT2D eigenvalue weighted by Gasteiger charge is -2.44. The number of piperidine rings is 3. The number of nitrogens with zero attached hydrogens (tertiary/aromatic N) is 2. The van der Waals surface area contributed by atoms with E-state index in [0.717, 1.165) is 62.9 Å². The van der Waals surface area contributed by atoms with Gasteiger partial charge >= 0.3 is 6.09 Å². The molecule has 3 saturated heterocycles. The van der Waals surface area contributed by atoms with E-state index in [2.05, 4.69) is 39.5 Å². The number of aromatic nitrogens is 1. The minimum absolute atomic E-state index is 0.0222. The lowest BCUT2D eigenvalue weighted by atomic mass is 9.85. The fourth-order valence-corrected chi connectivity index (χ4v) is 5.02. The Kier molecular flexibility index (Phi) is 4.77. The predicted octanol–water partition coefficient (Wildman–Crippen LogP) is 3.95. The number of aryl methyl sites for hydroxylation is 1. The molecule has 4 aliphatic rings. The summed E-state index contributed by atoms with van der Waals surface area (Å²) in [6, 6.07) is 10.6. The van der Waals surface area contributed by atoms with Crippen molar-refractivity contribution in [3.8, 4) is 11.1 Å². The van der Waals surface area contributed by atoms with Gasteiger partial charge in [0.05, 0.1) is 6.04 Å². The van der Waals surface area contributed by atoms with Crippen LogP contribution in [0.3, 0.4) is 0 Å². The lowest BCUT2D eigenvalue weighted by molar-refractivity contribution is -0.0340. The van der Waals surface area contributed by atoms with E-state index in [1.807, 2.05) is 12.3 Å². The third-order valence-corrected chi connectivity index (χ3v) is 6.60. The van der Waals surface area contributed by atoms with E-state index in [4.69, 9.17) is 4.74 Å². The molecule has 2 bridgehead atoms. The summed E-state index contributed by atoms with van der Waals surface area (Å²) >= 11 is 0. The normalized spacial score (nSPS) is 28.4. The van der Waals surface area contributed by atoms with Crippen molar-refractivity contribution in [1.29, 1.82) is 0 Å². The molecule has 1 aromatic heterocycles. The second-order valence-corrected chi connectivity index (χ2v) is 8.33. The van der Waals surface area contributed by atoms with E-state index in [-0.39, 0.29) is 18.2 Å². The van der Waals surface area contributed by atoms with Gasteiger partial charge in [0.15, 0.2) is 0 Å². The standard InChI is InChI=1S/C23H27N3O2/c27-23(28-22-15-26-11-8-17(22)9-12-26)25-21-5-1-3-16-6-7-18(13-20(16)21)19-4-2-10-24-14-19/h2,4,6-7,10,13-14,17,21-22H,1,3,5,8-9,11-12,15H2,(H,25,27)/t21?,22-/m1/s1. The highest BCUT2D eigenvalue weighted by atomic mass is 16.6. The third-order valence-electron chi connectivity index (χ3n) is 6.60. The van der Waals surface area contributed by atoms with Gasteiger partial charge in [-0.15, -0.1) is 0 Å². The maximum absolute atomic E-state index is 12.7. The number of amides is 1. The number of benzene rings is 1. The first-order chi connectivity index (χ1) is 13.8. The van der Waals surface area contributed by atoms with E-state index >= 15 is 0 Å². The molecule has 1 unspecified atom stereocenters. The highest BCUT2D eigenvalue weighted by molar-refractivity contribution is 5.69. The molecule has 146 valence electrons. The zero-order chi connectivity index (χ0) is 18.9. The molecule has 5 heteroatoms. The first-order valence-electron chi connectivity index (χ1n) is 10.5. The molecule has 1 N–H and O–H groups in total. The molecule has 4 heterocycles. The van der Waals surface area contributed by atoms with E-state index in [1.165, 1.54) is 11.1 Å². The molecular weight excluding hydrogens is 350 g/mol. The average molecular weight is 377 g/mol. The summed E-state index contributed by atoms with van der Waals surface area (Å²) in [4.78, 5) is 19.3. The molecular formula is C23H27N3O2. The van der Waals surface area contributed by atoms with Gasteiger partial charge in [0.2, 0.25) is 0 Å². The Bertz CT molecular complexity index is 846. The number of rotatable bonds is 3. The Morgan fingerprint density at radius 2 is 2.04 bits per heavy atom. The van der Waals surface area contributed by atoms with Crippen molar-refractivity contribution in [2.75, 3.05) is 19.6 Å². The van der Waals surface area contributed by atoms with Gasteiger partial charge in [-0.1, -0.05) is 18.2 Å². The van der Waals surface area contributed by atoms with Crippen LogP contribution in [0.15, 0.2) is 42.7 Å². The van der Waals surface area contributed by atoms with Gasteiger partial charge in [-0.3, -0.25) is 9.88 Å². The maximum Gasteiger partial charge on any atom is 0.407 e. The van der Waals surface area contributed by atoms with Crippen molar-refractivity contribution in [2.24, 2.45) is 5.92 Å². The lowest BCUT2D eigenvalue weighted by Crippen LogP contribution is -2.52. The summed E-state index contributed by atoms with van der Waals surface area (Å²) in [5.41, 5.74) is 4.79. The number of carbonyl (C=O) groups is 1. The molecule has 0 radical (unpaired) electrons. The quantitative estimate of drug-likeness (QED) is 0.880. The summed E-state index contributed by atoms with van der Waals surface area (Å²) in [5, 5.41) is 3.17. The SMILES string of the molecule is O=C(NC1CCCc2ccc(-c3cccnc3)cc21)O[C@@H]1CN2CCC1CC2. The first-order valence-corrected chi connectivity index (χ1v) is 10.5. The van der Waals surface area contributed by atoms with E-state index in [1.54, 1.807) is 6.20 Å². The Labute approximate surface area is 166 Å². The number of hydrogen-bond acceptors (Lipinski definition) is 4. The number of ether oxygens (including phenoxy) is 1. The van der Waals surface area contributed by atoms with Gasteiger partial charge in [-0.05, 0) is 85.5 Å². The van der Waals surface area contributed by atoms with Crippen LogP contribution in [-0.4, -0.2) is 41.7 Å². The van der Waals surface area contributed by atoms with Crippen LogP contribution in [-0.2, 0) is 11.2 Å². The molecule has 1 aliphatic carbocycles. The summed E-state index contributed by atoms with van der Waals surface area (Å²) in [5.74, 6) is 0.534. The van der Waals surface area contributed by atoms with Crippen LogP contribution in [0, 0.1) is 5.92 Å². The number of nitrogens with one attached hydrogen (secondary N) is 1. The number of fused-ring (bicyclic) bond motifs is 4. The Morgan fingerprint density at radius 1 is 1.14 bits per heavy atom. The molecule has 5 nitrogen and oxygen atoms in total. The number of hydrogen-bond donors (Lipinski definition) is 1. The van der Waals surface area contributed by atoms with Crippen LogP contribution in [0.5, 0.6) is 0 Å². The average Bonchev–Trinajstić information content (AvgIpc) is 2.75.